The number of benzene rings is 3. The lowest BCUT2D eigenvalue weighted by Crippen LogP contribution is -2.48. The Morgan fingerprint density at radius 1 is 0.902 bits per heavy atom. The van der Waals surface area contributed by atoms with Crippen LogP contribution in [0, 0.1) is 5.92 Å². The van der Waals surface area contributed by atoms with Gasteiger partial charge in [-0.15, -0.1) is 0 Å². The number of aliphatic hydroxyl groups is 1. The zero-order valence-corrected chi connectivity index (χ0v) is 30.2. The number of nitrogens with two attached hydrogens (primary N) is 1. The summed E-state index contributed by atoms with van der Waals surface area (Å²) in [6, 6.07) is 22.0. The van der Waals surface area contributed by atoms with Crippen molar-refractivity contribution < 1.29 is 36.3 Å². The number of aromatic nitrogens is 1. The number of ether oxygens (including phenoxy) is 1. The first-order valence-electron chi connectivity index (χ1n) is 16.2. The summed E-state index contributed by atoms with van der Waals surface area (Å²) >= 11 is 0. The maximum absolute atomic E-state index is 14.1. The fourth-order valence-electron chi connectivity index (χ4n) is 5.57. The number of sulfonamides is 1. The maximum Gasteiger partial charge on any atom is 0.407 e. The molecule has 4 aromatic rings. The third kappa shape index (κ3) is 9.91. The van der Waals surface area contributed by atoms with E-state index >= 15 is 0 Å². The number of nitrogen functional groups attached to an aromatic ring is 1. The van der Waals surface area contributed by atoms with E-state index in [2.05, 4.69) is 15.6 Å². The first-order chi connectivity index (χ1) is 24.3. The summed E-state index contributed by atoms with van der Waals surface area (Å²) in [5.74, 6) is -2.25. The average molecular weight is 738 g/mol. The summed E-state index contributed by atoms with van der Waals surface area (Å²) in [4.78, 5) is 30.3. The summed E-state index contributed by atoms with van der Waals surface area (Å²) in [7, 11) is -7.53. The minimum atomic E-state index is -4.41. The lowest BCUT2D eigenvalue weighted by atomic mass is 9.84. The predicted octanol–water partition coefficient (Wildman–Crippen LogP) is 4.03. The number of sulfone groups is 1. The quantitative estimate of drug-likeness (QED) is 0.122. The highest BCUT2D eigenvalue weighted by Gasteiger charge is 2.37. The molecule has 2 atom stereocenters. The van der Waals surface area contributed by atoms with Gasteiger partial charge in [0.05, 0.1) is 47.2 Å². The predicted molar refractivity (Wildman–Crippen MR) is 194 cm³/mol. The highest BCUT2D eigenvalue weighted by molar-refractivity contribution is 7.92. The van der Waals surface area contributed by atoms with Crippen molar-refractivity contribution in [3.63, 3.8) is 0 Å². The molecule has 0 spiro atoms. The number of aliphatic hydroxyl groups excluding tert-OH is 1. The first kappa shape index (κ1) is 39.0. The molecule has 272 valence electrons. The van der Waals surface area contributed by atoms with E-state index in [1.807, 2.05) is 26.0 Å². The Kier molecular flexibility index (Phi) is 13.3. The van der Waals surface area contributed by atoms with Gasteiger partial charge in [0, 0.05) is 24.3 Å². The number of alkyl carbamates (subject to hydrolysis) is 1. The number of hydrogen-bond acceptors (Lipinski definition) is 10. The summed E-state index contributed by atoms with van der Waals surface area (Å²) in [5.41, 5.74) is 7.28. The fourth-order valence-corrected chi connectivity index (χ4v) is 8.97. The van der Waals surface area contributed by atoms with E-state index in [0.717, 1.165) is 17.6 Å². The van der Waals surface area contributed by atoms with Gasteiger partial charge in [0.2, 0.25) is 15.9 Å². The number of nitrogens with zero attached hydrogens (tertiary/aromatic N) is 2. The van der Waals surface area contributed by atoms with Crippen LogP contribution in [-0.2, 0) is 29.4 Å². The lowest BCUT2D eigenvalue weighted by molar-refractivity contribution is -0.118. The SMILES string of the molecule is COC(=O)N[C@H](C(=O)Nc1cnccc1S(=O)(=O)C[C@@H](CO)N(CCC(C)C)S(=O)(=O)c1ccc(N)cc1)C(c1ccccc1)c1ccccc1. The molecule has 0 aliphatic rings. The molecule has 3 aromatic carbocycles. The van der Waals surface area contributed by atoms with Gasteiger partial charge in [0.25, 0.3) is 0 Å². The second-order valence-electron chi connectivity index (χ2n) is 12.3. The van der Waals surface area contributed by atoms with E-state index in [9.17, 15) is 31.5 Å². The van der Waals surface area contributed by atoms with Crippen molar-refractivity contribution in [1.29, 1.82) is 0 Å². The Hall–Kier alpha value is -4.83. The molecule has 0 saturated heterocycles. The molecule has 15 heteroatoms. The number of pyridine rings is 1. The summed E-state index contributed by atoms with van der Waals surface area (Å²) in [5, 5.41) is 15.7. The number of carbonyl (C=O) groups excluding carboxylic acids is 2. The van der Waals surface area contributed by atoms with Crippen molar-refractivity contribution >= 4 is 43.2 Å². The van der Waals surface area contributed by atoms with Crippen molar-refractivity contribution in [3.8, 4) is 0 Å². The van der Waals surface area contributed by atoms with Crippen molar-refractivity contribution in [2.45, 2.75) is 48.1 Å². The van der Waals surface area contributed by atoms with Crippen LogP contribution < -0.4 is 16.4 Å². The van der Waals surface area contributed by atoms with E-state index in [0.29, 0.717) is 23.2 Å². The molecule has 0 bridgehead atoms. The molecular formula is C36H43N5O8S2. The monoisotopic (exact) mass is 737 g/mol. The minimum Gasteiger partial charge on any atom is -0.453 e. The van der Waals surface area contributed by atoms with Crippen molar-refractivity contribution in [1.82, 2.24) is 14.6 Å². The fraction of sp³-hybridized carbons (Fsp3) is 0.306. The molecule has 0 unspecified atom stereocenters. The van der Waals surface area contributed by atoms with Crippen LogP contribution in [0.4, 0.5) is 16.2 Å². The Morgan fingerprint density at radius 2 is 1.49 bits per heavy atom. The Morgan fingerprint density at radius 3 is 2.02 bits per heavy atom. The van der Waals surface area contributed by atoms with Gasteiger partial charge in [-0.2, -0.15) is 4.31 Å². The van der Waals surface area contributed by atoms with E-state index in [4.69, 9.17) is 10.5 Å². The molecule has 1 aromatic heterocycles. The van der Waals surface area contributed by atoms with Gasteiger partial charge in [0.1, 0.15) is 6.04 Å². The van der Waals surface area contributed by atoms with Crippen molar-refractivity contribution in [2.75, 3.05) is 37.1 Å². The lowest BCUT2D eigenvalue weighted by Gasteiger charge is -2.30. The smallest absolute Gasteiger partial charge is 0.407 e. The van der Waals surface area contributed by atoms with Crippen LogP contribution in [-0.4, -0.2) is 81.3 Å². The van der Waals surface area contributed by atoms with Crippen LogP contribution in [0.2, 0.25) is 0 Å². The van der Waals surface area contributed by atoms with Gasteiger partial charge in [-0.3, -0.25) is 9.78 Å². The Labute approximate surface area is 298 Å². The zero-order valence-electron chi connectivity index (χ0n) is 28.5. The Bertz CT molecular complexity index is 1940. The Balaban J connectivity index is 1.71. The molecule has 0 aliphatic heterocycles. The van der Waals surface area contributed by atoms with Crippen LogP contribution in [0.5, 0.6) is 0 Å². The number of hydrogen-bond donors (Lipinski definition) is 4. The topological polar surface area (TPSA) is 198 Å². The van der Waals surface area contributed by atoms with E-state index < -0.39 is 62.2 Å². The summed E-state index contributed by atoms with van der Waals surface area (Å²) in [6.45, 7) is 2.92. The number of methoxy groups -OCH3 is 1. The molecule has 4 rings (SSSR count). The molecule has 1 heterocycles. The normalized spacial score (nSPS) is 13.2. The largest absolute Gasteiger partial charge is 0.453 e. The molecule has 5 N–H and O–H groups in total. The van der Waals surface area contributed by atoms with Crippen LogP contribution in [0.15, 0.2) is 113 Å². The standard InChI is InChI=1S/C36H43N5O8S2/c1-25(2)19-21-41(51(47,48)30-16-14-28(37)15-17-30)29(23-42)24-50(45,46)32-18-20-38-22-31(32)39-35(43)34(40-36(44)49-3)33(26-10-6-4-7-11-26)27-12-8-5-9-13-27/h4-18,20,22,25,29,33-34,42H,19,21,23-24,37H2,1-3H3,(H,39,43)(H,40,44)/t29-,34+/m1/s1. The number of amides is 2. The number of nitrogens with one attached hydrogen (secondary N) is 2. The second-order valence-corrected chi connectivity index (χ2v) is 16.2. The molecule has 2 amide bonds. The molecular weight excluding hydrogens is 695 g/mol. The van der Waals surface area contributed by atoms with Gasteiger partial charge in [-0.25, -0.2) is 21.6 Å². The van der Waals surface area contributed by atoms with Gasteiger partial charge in [-0.1, -0.05) is 74.5 Å². The van der Waals surface area contributed by atoms with Gasteiger partial charge in [-0.05, 0) is 53.8 Å². The third-order valence-corrected chi connectivity index (χ3v) is 12.0. The number of rotatable bonds is 16. The van der Waals surface area contributed by atoms with Crippen LogP contribution >= 0.6 is 0 Å². The molecule has 0 saturated carbocycles. The summed E-state index contributed by atoms with van der Waals surface area (Å²) < 4.78 is 61.7. The average Bonchev–Trinajstić information content (AvgIpc) is 3.11. The maximum atomic E-state index is 14.1. The van der Waals surface area contributed by atoms with E-state index in [1.54, 1.807) is 48.5 Å². The van der Waals surface area contributed by atoms with Crippen molar-refractivity contribution in [2.24, 2.45) is 5.92 Å². The zero-order chi connectivity index (χ0) is 37.2. The molecule has 0 radical (unpaired) electrons. The van der Waals surface area contributed by atoms with E-state index in [-0.39, 0.29) is 27.9 Å². The highest BCUT2D eigenvalue weighted by atomic mass is 32.2. The van der Waals surface area contributed by atoms with Crippen LogP contribution in [0.3, 0.4) is 0 Å². The summed E-state index contributed by atoms with van der Waals surface area (Å²) in [6.07, 6.45) is 1.87. The van der Waals surface area contributed by atoms with Gasteiger partial charge < -0.3 is 26.2 Å². The molecule has 0 fully saturated rings. The third-order valence-electron chi connectivity index (χ3n) is 8.21. The molecule has 13 nitrogen and oxygen atoms in total. The minimum absolute atomic E-state index is 0.0632. The van der Waals surface area contributed by atoms with Crippen molar-refractivity contribution in [3.05, 3.63) is 115 Å². The second kappa shape index (κ2) is 17.4. The number of anilines is 2. The van der Waals surface area contributed by atoms with Gasteiger partial charge in [0.15, 0.2) is 9.84 Å². The van der Waals surface area contributed by atoms with Gasteiger partial charge >= 0.3 is 6.09 Å². The van der Waals surface area contributed by atoms with Crippen LogP contribution in [0.1, 0.15) is 37.3 Å². The highest BCUT2D eigenvalue weighted by Crippen LogP contribution is 2.31. The first-order valence-corrected chi connectivity index (χ1v) is 19.3. The van der Waals surface area contributed by atoms with Crippen LogP contribution in [0.25, 0.3) is 0 Å². The molecule has 0 aliphatic carbocycles. The van der Waals surface area contributed by atoms with E-state index in [1.165, 1.54) is 36.5 Å². The number of carbonyl (C=O) groups is 2. The molecule has 51 heavy (non-hydrogen) atoms.